The third-order valence-corrected chi connectivity index (χ3v) is 2.49. The van der Waals surface area contributed by atoms with Crippen LogP contribution in [-0.2, 0) is 0 Å². The van der Waals surface area contributed by atoms with Gasteiger partial charge in [0.1, 0.15) is 0 Å². The molecular formula is C11H10Cl2. The number of halogens is 2. The van der Waals surface area contributed by atoms with Gasteiger partial charge in [0.2, 0.25) is 0 Å². The molecule has 0 N–H and O–H groups in total. The van der Waals surface area contributed by atoms with Gasteiger partial charge in [0.05, 0.1) is 0 Å². The summed E-state index contributed by atoms with van der Waals surface area (Å²) in [6, 6.07) is 5.44. The molecule has 0 aliphatic carbocycles. The van der Waals surface area contributed by atoms with Crippen molar-refractivity contribution in [2.45, 2.75) is 19.3 Å². The van der Waals surface area contributed by atoms with Crippen molar-refractivity contribution in [1.29, 1.82) is 0 Å². The lowest BCUT2D eigenvalue weighted by Crippen LogP contribution is -1.92. The second-order valence-corrected chi connectivity index (χ2v) is 3.82. The van der Waals surface area contributed by atoms with Crippen LogP contribution < -0.4 is 0 Å². The van der Waals surface area contributed by atoms with Gasteiger partial charge in [-0.15, -0.1) is 12.3 Å². The molecule has 0 saturated carbocycles. The van der Waals surface area contributed by atoms with E-state index in [0.717, 1.165) is 10.6 Å². The molecule has 0 amide bonds. The predicted molar refractivity (Wildman–Crippen MR) is 58.3 cm³/mol. The average molecular weight is 213 g/mol. The van der Waals surface area contributed by atoms with Gasteiger partial charge in [-0.25, -0.2) is 0 Å². The maximum atomic E-state index is 6.00. The lowest BCUT2D eigenvalue weighted by Gasteiger charge is -2.10. The van der Waals surface area contributed by atoms with E-state index >= 15 is 0 Å². The van der Waals surface area contributed by atoms with Gasteiger partial charge in [0, 0.05) is 16.5 Å². The molecule has 0 bridgehead atoms. The van der Waals surface area contributed by atoms with Gasteiger partial charge in [0.25, 0.3) is 0 Å². The van der Waals surface area contributed by atoms with Crippen molar-refractivity contribution in [3.8, 4) is 12.3 Å². The van der Waals surface area contributed by atoms with Gasteiger partial charge in [-0.3, -0.25) is 0 Å². The van der Waals surface area contributed by atoms with Gasteiger partial charge in [-0.1, -0.05) is 30.1 Å². The number of benzene rings is 1. The van der Waals surface area contributed by atoms with E-state index in [1.165, 1.54) is 0 Å². The maximum Gasteiger partial charge on any atom is 0.0442 e. The molecular weight excluding hydrogens is 203 g/mol. The highest BCUT2D eigenvalue weighted by Gasteiger charge is 2.08. The van der Waals surface area contributed by atoms with Crippen LogP contribution in [0, 0.1) is 12.3 Å². The Morgan fingerprint density at radius 2 is 2.15 bits per heavy atom. The minimum absolute atomic E-state index is 0.260. The molecule has 2 heteroatoms. The molecule has 0 aliphatic rings. The molecule has 13 heavy (non-hydrogen) atoms. The molecule has 1 aromatic rings. The van der Waals surface area contributed by atoms with E-state index < -0.39 is 0 Å². The Morgan fingerprint density at radius 3 is 2.77 bits per heavy atom. The van der Waals surface area contributed by atoms with Crippen LogP contribution in [0.4, 0.5) is 0 Å². The normalized spacial score (nSPS) is 12.2. The van der Waals surface area contributed by atoms with Gasteiger partial charge >= 0.3 is 0 Å². The third-order valence-electron chi connectivity index (χ3n) is 1.91. The van der Waals surface area contributed by atoms with Crippen LogP contribution in [0.1, 0.15) is 24.8 Å². The maximum absolute atomic E-state index is 6.00. The molecule has 0 nitrogen and oxygen atoms in total. The second kappa shape index (κ2) is 4.56. The first-order chi connectivity index (χ1) is 6.15. The summed E-state index contributed by atoms with van der Waals surface area (Å²) in [6.45, 7) is 2.04. The smallest absolute Gasteiger partial charge is 0.0442 e. The molecule has 0 saturated heterocycles. The topological polar surface area (TPSA) is 0 Å². The molecule has 0 radical (unpaired) electrons. The minimum atomic E-state index is 0.260. The van der Waals surface area contributed by atoms with E-state index in [-0.39, 0.29) is 5.92 Å². The number of terminal acetylenes is 1. The Kier molecular flexibility index (Phi) is 3.66. The number of rotatable bonds is 2. The Labute approximate surface area is 88.9 Å². The lowest BCUT2D eigenvalue weighted by molar-refractivity contribution is 0.796. The summed E-state index contributed by atoms with van der Waals surface area (Å²) in [5.41, 5.74) is 1.02. The summed E-state index contributed by atoms with van der Waals surface area (Å²) in [4.78, 5) is 0. The molecule has 1 unspecified atom stereocenters. The molecule has 1 aromatic carbocycles. The van der Waals surface area contributed by atoms with E-state index in [2.05, 4.69) is 5.92 Å². The summed E-state index contributed by atoms with van der Waals surface area (Å²) in [7, 11) is 0. The van der Waals surface area contributed by atoms with Crippen LogP contribution >= 0.6 is 23.2 Å². The Bertz CT molecular complexity index is 336. The fourth-order valence-electron chi connectivity index (χ4n) is 1.18. The first-order valence-corrected chi connectivity index (χ1v) is 4.79. The van der Waals surface area contributed by atoms with Crippen molar-refractivity contribution >= 4 is 23.2 Å². The Morgan fingerprint density at radius 1 is 1.46 bits per heavy atom. The zero-order valence-corrected chi connectivity index (χ0v) is 8.86. The molecule has 0 aromatic heterocycles. The standard InChI is InChI=1S/C11H10Cl2/c1-3-4-8(2)10-7-9(12)5-6-11(10)13/h1,5-8H,4H2,2H3. The zero-order chi connectivity index (χ0) is 9.84. The SMILES string of the molecule is C#CCC(C)c1cc(Cl)ccc1Cl. The second-order valence-electron chi connectivity index (χ2n) is 2.98. The summed E-state index contributed by atoms with van der Waals surface area (Å²) >= 11 is 11.9. The molecule has 0 heterocycles. The first-order valence-electron chi connectivity index (χ1n) is 4.03. The van der Waals surface area contributed by atoms with E-state index in [1.54, 1.807) is 12.1 Å². The van der Waals surface area contributed by atoms with Crippen molar-refractivity contribution in [2.75, 3.05) is 0 Å². The molecule has 0 aliphatic heterocycles. The molecule has 0 fully saturated rings. The van der Waals surface area contributed by atoms with Gasteiger partial charge in [-0.2, -0.15) is 0 Å². The highest BCUT2D eigenvalue weighted by Crippen LogP contribution is 2.28. The number of hydrogen-bond donors (Lipinski definition) is 0. The van der Waals surface area contributed by atoms with E-state index in [0.29, 0.717) is 11.4 Å². The molecule has 68 valence electrons. The Balaban J connectivity index is 3.00. The number of hydrogen-bond acceptors (Lipinski definition) is 0. The van der Waals surface area contributed by atoms with Crippen molar-refractivity contribution < 1.29 is 0 Å². The fourth-order valence-corrected chi connectivity index (χ4v) is 1.66. The monoisotopic (exact) mass is 212 g/mol. The van der Waals surface area contributed by atoms with Gasteiger partial charge in [-0.05, 0) is 29.7 Å². The average Bonchev–Trinajstić information content (AvgIpc) is 2.09. The van der Waals surface area contributed by atoms with E-state index in [1.807, 2.05) is 13.0 Å². The van der Waals surface area contributed by atoms with Crippen molar-refractivity contribution in [3.05, 3.63) is 33.8 Å². The summed E-state index contributed by atoms with van der Waals surface area (Å²) in [5.74, 6) is 2.87. The lowest BCUT2D eigenvalue weighted by atomic mass is 9.98. The van der Waals surface area contributed by atoms with Crippen LogP contribution in [0.15, 0.2) is 18.2 Å². The van der Waals surface area contributed by atoms with Crippen LogP contribution in [0.25, 0.3) is 0 Å². The highest BCUT2D eigenvalue weighted by molar-refractivity contribution is 6.33. The predicted octanol–water partition coefficient (Wildman–Crippen LogP) is 4.12. The van der Waals surface area contributed by atoms with Crippen LogP contribution in [0.2, 0.25) is 10.0 Å². The quantitative estimate of drug-likeness (QED) is 0.648. The van der Waals surface area contributed by atoms with Gasteiger partial charge in [0.15, 0.2) is 0 Å². The third kappa shape index (κ3) is 2.66. The van der Waals surface area contributed by atoms with Crippen molar-refractivity contribution in [2.24, 2.45) is 0 Å². The van der Waals surface area contributed by atoms with E-state index in [9.17, 15) is 0 Å². The van der Waals surface area contributed by atoms with Crippen LogP contribution in [-0.4, -0.2) is 0 Å². The highest BCUT2D eigenvalue weighted by atomic mass is 35.5. The summed E-state index contributed by atoms with van der Waals surface area (Å²) in [6.07, 6.45) is 5.91. The van der Waals surface area contributed by atoms with Crippen LogP contribution in [0.5, 0.6) is 0 Å². The van der Waals surface area contributed by atoms with Crippen molar-refractivity contribution in [3.63, 3.8) is 0 Å². The molecule has 0 spiro atoms. The summed E-state index contributed by atoms with van der Waals surface area (Å²) in [5, 5.41) is 1.43. The fraction of sp³-hybridized carbons (Fsp3) is 0.273. The van der Waals surface area contributed by atoms with E-state index in [4.69, 9.17) is 29.6 Å². The molecule has 1 rings (SSSR count). The largest absolute Gasteiger partial charge is 0.120 e. The molecule has 1 atom stereocenters. The minimum Gasteiger partial charge on any atom is -0.120 e. The summed E-state index contributed by atoms with van der Waals surface area (Å²) < 4.78 is 0. The van der Waals surface area contributed by atoms with Crippen molar-refractivity contribution in [1.82, 2.24) is 0 Å². The van der Waals surface area contributed by atoms with Crippen LogP contribution in [0.3, 0.4) is 0 Å². The van der Waals surface area contributed by atoms with Gasteiger partial charge < -0.3 is 0 Å². The first kappa shape index (κ1) is 10.4. The zero-order valence-electron chi connectivity index (χ0n) is 7.35. The Hall–Kier alpha value is -0.640.